The minimum absolute atomic E-state index is 0.0356. The Kier molecular flexibility index (Phi) is 7.76. The summed E-state index contributed by atoms with van der Waals surface area (Å²) in [6.45, 7) is 11.2. The lowest BCUT2D eigenvalue weighted by atomic mass is 10.00. The Balaban J connectivity index is 1.71. The Morgan fingerprint density at radius 1 is 1.36 bits per heavy atom. The van der Waals surface area contributed by atoms with Crippen LogP contribution in [0.25, 0.3) is 0 Å². The number of carbonyl (C=O) groups excluding carboxylic acids is 1. The molecule has 2 atom stereocenters. The number of nitrogens with zero attached hydrogens (tertiary/aromatic N) is 1. The van der Waals surface area contributed by atoms with Gasteiger partial charge in [0.05, 0.1) is 0 Å². The van der Waals surface area contributed by atoms with Crippen LogP contribution in [-0.4, -0.2) is 42.6 Å². The number of hydrogen-bond donors (Lipinski definition) is 1. The van der Waals surface area contributed by atoms with E-state index in [1.807, 2.05) is 26.0 Å². The number of carbonyl (C=O) groups is 1. The first-order valence-electron chi connectivity index (χ1n) is 9.77. The second-order valence-corrected chi connectivity index (χ2v) is 7.20. The van der Waals surface area contributed by atoms with Gasteiger partial charge < -0.3 is 15.0 Å². The first kappa shape index (κ1) is 19.8. The molecular weight excluding hydrogens is 312 g/mol. The van der Waals surface area contributed by atoms with Gasteiger partial charge in [0.2, 0.25) is 0 Å². The number of likely N-dealkylation sites (tertiary alicyclic amines) is 1. The summed E-state index contributed by atoms with van der Waals surface area (Å²) in [5, 5.41) is 3.02. The lowest BCUT2D eigenvalue weighted by molar-refractivity contribution is -0.127. The van der Waals surface area contributed by atoms with Crippen molar-refractivity contribution < 1.29 is 9.53 Å². The predicted molar refractivity (Wildman–Crippen MR) is 103 cm³/mol. The molecule has 1 aliphatic heterocycles. The van der Waals surface area contributed by atoms with Gasteiger partial charge in [-0.2, -0.15) is 0 Å². The van der Waals surface area contributed by atoms with E-state index in [-0.39, 0.29) is 5.91 Å². The molecule has 1 aromatic rings. The van der Waals surface area contributed by atoms with Crippen molar-refractivity contribution >= 4 is 5.91 Å². The number of nitrogens with one attached hydrogen (secondary N) is 1. The van der Waals surface area contributed by atoms with Crippen molar-refractivity contribution in [3.05, 3.63) is 29.3 Å². The zero-order valence-corrected chi connectivity index (χ0v) is 16.3. The van der Waals surface area contributed by atoms with Gasteiger partial charge in [0, 0.05) is 19.1 Å². The summed E-state index contributed by atoms with van der Waals surface area (Å²) < 4.78 is 5.85. The van der Waals surface area contributed by atoms with Crippen LogP contribution in [0.1, 0.15) is 57.1 Å². The van der Waals surface area contributed by atoms with Crippen LogP contribution in [0.5, 0.6) is 5.75 Å². The molecule has 0 spiro atoms. The fourth-order valence-corrected chi connectivity index (χ4v) is 3.55. The van der Waals surface area contributed by atoms with E-state index in [1.165, 1.54) is 37.8 Å². The van der Waals surface area contributed by atoms with Crippen molar-refractivity contribution in [1.29, 1.82) is 0 Å². The van der Waals surface area contributed by atoms with E-state index in [4.69, 9.17) is 4.74 Å². The summed E-state index contributed by atoms with van der Waals surface area (Å²) in [6.07, 6.45) is 5.75. The van der Waals surface area contributed by atoms with Crippen LogP contribution < -0.4 is 10.1 Å². The molecule has 0 aliphatic carbocycles. The highest BCUT2D eigenvalue weighted by atomic mass is 16.5. The van der Waals surface area contributed by atoms with Crippen molar-refractivity contribution in [3.63, 3.8) is 0 Å². The highest BCUT2D eigenvalue weighted by molar-refractivity contribution is 5.80. The molecule has 0 unspecified atom stereocenters. The molecule has 2 rings (SSSR count). The molecule has 4 heteroatoms. The van der Waals surface area contributed by atoms with Gasteiger partial charge in [0.15, 0.2) is 6.10 Å². The largest absolute Gasteiger partial charge is 0.481 e. The minimum atomic E-state index is -0.473. The van der Waals surface area contributed by atoms with Gasteiger partial charge in [-0.3, -0.25) is 4.79 Å². The molecule has 1 fully saturated rings. The second-order valence-electron chi connectivity index (χ2n) is 7.20. The smallest absolute Gasteiger partial charge is 0.260 e. The number of piperidine rings is 1. The third-order valence-electron chi connectivity index (χ3n) is 5.37. The average molecular weight is 347 g/mol. The number of benzene rings is 1. The molecule has 1 heterocycles. The van der Waals surface area contributed by atoms with Gasteiger partial charge in [0.1, 0.15) is 5.75 Å². The number of aryl methyl sites for hydroxylation is 1. The highest BCUT2D eigenvalue weighted by Gasteiger charge is 2.20. The fraction of sp³-hybridized carbons (Fsp3) is 0.667. The number of ether oxygens (including phenoxy) is 1. The van der Waals surface area contributed by atoms with Crippen molar-refractivity contribution in [2.24, 2.45) is 0 Å². The second kappa shape index (κ2) is 9.81. The molecule has 0 saturated carbocycles. The SMILES string of the molecule is CC[C@@H]1CCCCN1CCCNC(=O)[C@H](C)Oc1cccc(C)c1C. The average Bonchev–Trinajstić information content (AvgIpc) is 2.62. The lowest BCUT2D eigenvalue weighted by Crippen LogP contribution is -2.41. The summed E-state index contributed by atoms with van der Waals surface area (Å²) in [4.78, 5) is 14.9. The van der Waals surface area contributed by atoms with E-state index in [2.05, 4.69) is 30.1 Å². The van der Waals surface area contributed by atoms with Crippen molar-refractivity contribution in [3.8, 4) is 5.75 Å². The Labute approximate surface area is 152 Å². The lowest BCUT2D eigenvalue weighted by Gasteiger charge is -2.35. The third kappa shape index (κ3) is 5.74. The van der Waals surface area contributed by atoms with E-state index in [0.29, 0.717) is 6.54 Å². The Bertz CT molecular complexity index is 559. The van der Waals surface area contributed by atoms with Crippen LogP contribution in [0.4, 0.5) is 0 Å². The van der Waals surface area contributed by atoms with Crippen molar-refractivity contribution in [1.82, 2.24) is 10.2 Å². The molecule has 4 nitrogen and oxygen atoms in total. The summed E-state index contributed by atoms with van der Waals surface area (Å²) >= 11 is 0. The van der Waals surface area contributed by atoms with Crippen LogP contribution in [0.2, 0.25) is 0 Å². The zero-order valence-electron chi connectivity index (χ0n) is 16.3. The molecule has 1 aromatic carbocycles. The van der Waals surface area contributed by atoms with Crippen LogP contribution in [0, 0.1) is 13.8 Å². The van der Waals surface area contributed by atoms with E-state index in [9.17, 15) is 4.79 Å². The number of amides is 1. The van der Waals surface area contributed by atoms with Gasteiger partial charge in [-0.15, -0.1) is 0 Å². The Hall–Kier alpha value is -1.55. The van der Waals surface area contributed by atoms with Crippen molar-refractivity contribution in [2.75, 3.05) is 19.6 Å². The predicted octanol–water partition coefficient (Wildman–Crippen LogP) is 3.84. The monoisotopic (exact) mass is 346 g/mol. The summed E-state index contributed by atoms with van der Waals surface area (Å²) in [5.74, 6) is 0.758. The Morgan fingerprint density at radius 2 is 2.16 bits per heavy atom. The molecule has 25 heavy (non-hydrogen) atoms. The number of rotatable bonds is 8. The van der Waals surface area contributed by atoms with Crippen LogP contribution in [0.3, 0.4) is 0 Å². The molecule has 1 saturated heterocycles. The quantitative estimate of drug-likeness (QED) is 0.727. The van der Waals surface area contributed by atoms with E-state index in [1.54, 1.807) is 0 Å². The first-order valence-corrected chi connectivity index (χ1v) is 9.77. The topological polar surface area (TPSA) is 41.6 Å². The van der Waals surface area contributed by atoms with Crippen LogP contribution in [0.15, 0.2) is 18.2 Å². The molecule has 1 amide bonds. The van der Waals surface area contributed by atoms with Gasteiger partial charge in [-0.1, -0.05) is 25.5 Å². The van der Waals surface area contributed by atoms with Gasteiger partial charge in [0.25, 0.3) is 5.91 Å². The number of hydrogen-bond acceptors (Lipinski definition) is 3. The molecular formula is C21H34N2O2. The summed E-state index contributed by atoms with van der Waals surface area (Å²) in [7, 11) is 0. The maximum Gasteiger partial charge on any atom is 0.260 e. The molecule has 140 valence electrons. The highest BCUT2D eigenvalue weighted by Crippen LogP contribution is 2.22. The maximum atomic E-state index is 12.3. The summed E-state index contributed by atoms with van der Waals surface area (Å²) in [5.41, 5.74) is 2.27. The maximum absolute atomic E-state index is 12.3. The Morgan fingerprint density at radius 3 is 2.92 bits per heavy atom. The van der Waals surface area contributed by atoms with E-state index in [0.717, 1.165) is 30.3 Å². The third-order valence-corrected chi connectivity index (χ3v) is 5.37. The zero-order chi connectivity index (χ0) is 18.2. The van der Waals surface area contributed by atoms with Crippen molar-refractivity contribution in [2.45, 2.75) is 71.9 Å². The minimum Gasteiger partial charge on any atom is -0.481 e. The van der Waals surface area contributed by atoms with Crippen LogP contribution >= 0.6 is 0 Å². The molecule has 0 aromatic heterocycles. The van der Waals surface area contributed by atoms with E-state index < -0.39 is 6.10 Å². The van der Waals surface area contributed by atoms with Gasteiger partial charge in [-0.05, 0) is 70.2 Å². The standard InChI is InChI=1S/C21H34N2O2/c1-5-19-11-6-7-14-23(19)15-9-13-22-21(24)18(4)25-20-12-8-10-16(2)17(20)3/h8,10,12,18-19H,5-7,9,11,13-15H2,1-4H3,(H,22,24)/t18-,19+/m0/s1. The normalized spacial score (nSPS) is 19.4. The van der Waals surface area contributed by atoms with Gasteiger partial charge >= 0.3 is 0 Å². The fourth-order valence-electron chi connectivity index (χ4n) is 3.55. The van der Waals surface area contributed by atoms with Gasteiger partial charge in [-0.25, -0.2) is 0 Å². The molecule has 0 bridgehead atoms. The first-order chi connectivity index (χ1) is 12.0. The summed E-state index contributed by atoms with van der Waals surface area (Å²) in [6, 6.07) is 6.67. The van der Waals surface area contributed by atoms with Crippen LogP contribution in [-0.2, 0) is 4.79 Å². The molecule has 0 radical (unpaired) electrons. The van der Waals surface area contributed by atoms with E-state index >= 15 is 0 Å². The molecule has 1 N–H and O–H groups in total. The molecule has 1 aliphatic rings.